The largest absolute Gasteiger partial charge is 0.465 e. The molecule has 0 radical (unpaired) electrons. The molecular formula is C16H19F3N2O4S. The first-order valence-corrected chi connectivity index (χ1v) is 9.33. The van der Waals surface area contributed by atoms with E-state index in [4.69, 9.17) is 0 Å². The van der Waals surface area contributed by atoms with Gasteiger partial charge in [-0.3, -0.25) is 0 Å². The molecule has 0 spiro atoms. The number of halogens is 3. The number of esters is 1. The number of benzene rings is 1. The van der Waals surface area contributed by atoms with E-state index in [9.17, 15) is 26.4 Å². The van der Waals surface area contributed by atoms with Crippen molar-refractivity contribution in [3.8, 4) is 5.69 Å². The highest BCUT2D eigenvalue weighted by molar-refractivity contribution is 7.91. The number of alkyl halides is 3. The van der Waals surface area contributed by atoms with E-state index in [0.717, 1.165) is 30.1 Å². The van der Waals surface area contributed by atoms with Crippen molar-refractivity contribution in [2.45, 2.75) is 31.8 Å². The zero-order chi connectivity index (χ0) is 20.1. The van der Waals surface area contributed by atoms with Crippen LogP contribution in [-0.4, -0.2) is 37.0 Å². The maximum absolute atomic E-state index is 12.6. The quantitative estimate of drug-likeness (QED) is 0.744. The number of methoxy groups -OCH3 is 1. The van der Waals surface area contributed by atoms with Crippen molar-refractivity contribution in [2.75, 3.05) is 12.9 Å². The molecule has 0 aliphatic rings. The zero-order valence-electron chi connectivity index (χ0n) is 14.7. The number of aromatic nitrogens is 2. The fourth-order valence-corrected chi connectivity index (χ4v) is 3.06. The van der Waals surface area contributed by atoms with Gasteiger partial charge in [-0.15, -0.1) is 0 Å². The van der Waals surface area contributed by atoms with Crippen molar-refractivity contribution < 1.29 is 31.1 Å². The van der Waals surface area contributed by atoms with Crippen LogP contribution < -0.4 is 0 Å². The summed E-state index contributed by atoms with van der Waals surface area (Å²) in [5.74, 6) is -1.14. The molecule has 1 aromatic heterocycles. The van der Waals surface area contributed by atoms with E-state index in [2.05, 4.69) is 9.84 Å². The van der Waals surface area contributed by atoms with Gasteiger partial charge in [0.15, 0.2) is 15.5 Å². The fourth-order valence-electron chi connectivity index (χ4n) is 1.96. The minimum absolute atomic E-state index is 0.0742. The molecular weight excluding hydrogens is 373 g/mol. The van der Waals surface area contributed by atoms with Gasteiger partial charge in [-0.1, -0.05) is 20.8 Å². The van der Waals surface area contributed by atoms with Gasteiger partial charge in [-0.2, -0.15) is 18.3 Å². The molecule has 0 bridgehead atoms. The van der Waals surface area contributed by atoms with Gasteiger partial charge in [0.25, 0.3) is 0 Å². The van der Waals surface area contributed by atoms with E-state index < -0.39 is 27.7 Å². The van der Waals surface area contributed by atoms with Crippen LogP contribution in [0.5, 0.6) is 0 Å². The normalized spacial score (nSPS) is 11.5. The zero-order valence-corrected chi connectivity index (χ0v) is 15.5. The molecule has 0 N–H and O–H groups in total. The van der Waals surface area contributed by atoms with Crippen LogP contribution in [0.2, 0.25) is 0 Å². The second kappa shape index (κ2) is 8.35. The predicted octanol–water partition coefficient (Wildman–Crippen LogP) is 3.50. The Kier molecular flexibility index (Phi) is 6.96. The van der Waals surface area contributed by atoms with E-state index in [-0.39, 0.29) is 21.9 Å². The lowest BCUT2D eigenvalue weighted by molar-refractivity contribution is -0.141. The lowest BCUT2D eigenvalue weighted by Crippen LogP contribution is -2.13. The van der Waals surface area contributed by atoms with Crippen molar-refractivity contribution in [1.29, 1.82) is 0 Å². The highest BCUT2D eigenvalue weighted by Crippen LogP contribution is 2.28. The lowest BCUT2D eigenvalue weighted by atomic mass is 10.2. The third-order valence-electron chi connectivity index (χ3n) is 3.23. The number of sulfone groups is 1. The lowest BCUT2D eigenvalue weighted by Gasteiger charge is -2.10. The van der Waals surface area contributed by atoms with Crippen molar-refractivity contribution >= 4 is 15.8 Å². The molecule has 10 heteroatoms. The van der Waals surface area contributed by atoms with E-state index in [1.54, 1.807) is 0 Å². The number of carbonyl (C=O) groups excluding carboxylic acids is 1. The van der Waals surface area contributed by atoms with Crippen molar-refractivity contribution in [1.82, 2.24) is 9.78 Å². The van der Waals surface area contributed by atoms with Crippen molar-refractivity contribution in [2.24, 2.45) is 0 Å². The van der Waals surface area contributed by atoms with Gasteiger partial charge >= 0.3 is 12.1 Å². The van der Waals surface area contributed by atoms with Crippen LogP contribution in [0.4, 0.5) is 13.2 Å². The van der Waals surface area contributed by atoms with Crippen LogP contribution in [0.15, 0.2) is 35.4 Å². The topological polar surface area (TPSA) is 78.3 Å². The van der Waals surface area contributed by atoms with Gasteiger partial charge in [0.1, 0.15) is 0 Å². The van der Waals surface area contributed by atoms with E-state index >= 15 is 0 Å². The molecule has 0 saturated carbocycles. The molecule has 0 unspecified atom stereocenters. The smallest absolute Gasteiger partial charge is 0.435 e. The summed E-state index contributed by atoms with van der Waals surface area (Å²) < 4.78 is 67.6. The number of hydrogen-bond donors (Lipinski definition) is 0. The molecule has 0 aliphatic heterocycles. The average Bonchev–Trinajstić information content (AvgIpc) is 3.13. The number of carbonyl (C=O) groups is 1. The molecule has 26 heavy (non-hydrogen) atoms. The summed E-state index contributed by atoms with van der Waals surface area (Å²) in [5, 5.41) is 3.38. The predicted molar refractivity (Wildman–Crippen MR) is 89.0 cm³/mol. The molecule has 144 valence electrons. The molecule has 1 aromatic carbocycles. The highest BCUT2D eigenvalue weighted by atomic mass is 32.2. The summed E-state index contributed by atoms with van der Waals surface area (Å²) in [4.78, 5) is 11.4. The summed E-state index contributed by atoms with van der Waals surface area (Å²) in [6.07, 6.45) is -3.56. The molecule has 0 fully saturated rings. The Morgan fingerprint density at radius 1 is 1.23 bits per heavy atom. The maximum Gasteiger partial charge on any atom is 0.435 e. The van der Waals surface area contributed by atoms with E-state index in [1.807, 2.05) is 13.8 Å². The van der Waals surface area contributed by atoms with Crippen LogP contribution in [0.25, 0.3) is 5.69 Å². The molecule has 6 nitrogen and oxygen atoms in total. The minimum atomic E-state index is -4.62. The Hall–Kier alpha value is -2.36. The summed E-state index contributed by atoms with van der Waals surface area (Å²) in [7, 11) is -2.70. The molecule has 2 rings (SSSR count). The number of nitrogens with zero attached hydrogens (tertiary/aromatic N) is 2. The summed E-state index contributed by atoms with van der Waals surface area (Å²) in [6.45, 7) is 5.39. The first kappa shape index (κ1) is 21.7. The summed E-state index contributed by atoms with van der Waals surface area (Å²) in [6, 6.07) is 4.33. The van der Waals surface area contributed by atoms with Crippen LogP contribution >= 0.6 is 0 Å². The van der Waals surface area contributed by atoms with Crippen LogP contribution in [-0.2, 0) is 20.8 Å². The Labute approximate surface area is 149 Å². The average molecular weight is 392 g/mol. The van der Waals surface area contributed by atoms with Crippen LogP contribution in [0.1, 0.15) is 36.8 Å². The van der Waals surface area contributed by atoms with Gasteiger partial charge < -0.3 is 4.74 Å². The van der Waals surface area contributed by atoms with Crippen molar-refractivity contribution in [3.05, 3.63) is 41.7 Å². The van der Waals surface area contributed by atoms with Gasteiger partial charge in [-0.05, 0) is 24.3 Å². The Morgan fingerprint density at radius 2 is 1.85 bits per heavy atom. The molecule has 2 aromatic rings. The van der Waals surface area contributed by atoms with Gasteiger partial charge in [0, 0.05) is 6.20 Å². The third kappa shape index (κ3) is 4.63. The molecule has 0 amide bonds. The van der Waals surface area contributed by atoms with E-state index in [1.165, 1.54) is 19.1 Å². The number of ether oxygens (including phenoxy) is 1. The second-order valence-electron chi connectivity index (χ2n) is 4.72. The first-order chi connectivity index (χ1) is 12.1. The monoisotopic (exact) mass is 392 g/mol. The Bertz CT molecular complexity index is 874. The van der Waals surface area contributed by atoms with Crippen LogP contribution in [0.3, 0.4) is 0 Å². The fraction of sp³-hybridized carbons (Fsp3) is 0.375. The molecule has 0 atom stereocenters. The van der Waals surface area contributed by atoms with Gasteiger partial charge in [0.2, 0.25) is 0 Å². The molecule has 0 aliphatic carbocycles. The Balaban J connectivity index is 0.00000163. The highest BCUT2D eigenvalue weighted by Gasteiger charge is 2.33. The molecule has 0 saturated heterocycles. The summed E-state index contributed by atoms with van der Waals surface area (Å²) >= 11 is 0. The minimum Gasteiger partial charge on any atom is -0.465 e. The number of rotatable bonds is 4. The summed E-state index contributed by atoms with van der Waals surface area (Å²) in [5.41, 5.74) is -1.23. The van der Waals surface area contributed by atoms with Crippen molar-refractivity contribution in [3.63, 3.8) is 0 Å². The maximum atomic E-state index is 12.6. The van der Waals surface area contributed by atoms with E-state index in [0.29, 0.717) is 0 Å². The standard InChI is InChI=1S/C14H13F3N2O4S.C2H6/c1-3-24(21,22)11-8-9(4-5-10(11)13(20)23-2)19-7-6-12(18-19)14(15,16)17;1-2/h4-8H,3H2,1-2H3;1-2H3. The molecule has 1 heterocycles. The van der Waals surface area contributed by atoms with Gasteiger partial charge in [0.05, 0.1) is 29.0 Å². The van der Waals surface area contributed by atoms with Crippen LogP contribution in [0, 0.1) is 0 Å². The van der Waals surface area contributed by atoms with Gasteiger partial charge in [-0.25, -0.2) is 17.9 Å². The second-order valence-corrected chi connectivity index (χ2v) is 6.97. The Morgan fingerprint density at radius 3 is 2.31 bits per heavy atom. The SMILES string of the molecule is CC.CCS(=O)(=O)c1cc(-n2ccc(C(F)(F)F)n2)ccc1C(=O)OC. The number of hydrogen-bond acceptors (Lipinski definition) is 5. The third-order valence-corrected chi connectivity index (χ3v) is 5.00. The first-order valence-electron chi connectivity index (χ1n) is 7.68.